The fraction of sp³-hybridized carbons (Fsp3) is 0.467. The minimum absolute atomic E-state index is 0.0572. The summed E-state index contributed by atoms with van der Waals surface area (Å²) < 4.78 is 4.78. The molecule has 2 unspecified atom stereocenters. The predicted molar refractivity (Wildman–Crippen MR) is 71.4 cm³/mol. The van der Waals surface area contributed by atoms with E-state index >= 15 is 0 Å². The number of hydrogen-bond acceptors (Lipinski definition) is 3. The van der Waals surface area contributed by atoms with E-state index in [9.17, 15) is 9.59 Å². The first kappa shape index (κ1) is 13.6. The number of nitrogens with zero attached hydrogens (tertiary/aromatic N) is 1. The summed E-state index contributed by atoms with van der Waals surface area (Å²) >= 11 is 0. The Hall–Kier alpha value is -1.84. The van der Waals surface area contributed by atoms with E-state index in [0.717, 1.165) is 5.56 Å². The third kappa shape index (κ3) is 2.78. The van der Waals surface area contributed by atoms with Gasteiger partial charge in [-0.25, -0.2) is 4.79 Å². The second kappa shape index (κ2) is 5.87. The summed E-state index contributed by atoms with van der Waals surface area (Å²) in [6.45, 7) is 2.43. The molecule has 1 aromatic rings. The molecular formula is C15H19NO3. The van der Waals surface area contributed by atoms with Gasteiger partial charge in [0.2, 0.25) is 5.91 Å². The summed E-state index contributed by atoms with van der Waals surface area (Å²) in [6.07, 6.45) is 1.23. The quantitative estimate of drug-likeness (QED) is 0.774. The largest absolute Gasteiger partial charge is 0.467 e. The van der Waals surface area contributed by atoms with Gasteiger partial charge in [-0.05, 0) is 25.3 Å². The zero-order valence-electron chi connectivity index (χ0n) is 11.3. The van der Waals surface area contributed by atoms with Crippen LogP contribution in [0.3, 0.4) is 0 Å². The molecule has 2 atom stereocenters. The average Bonchev–Trinajstić information content (AvgIpc) is 2.76. The van der Waals surface area contributed by atoms with Crippen LogP contribution in [0, 0.1) is 5.92 Å². The zero-order valence-corrected chi connectivity index (χ0v) is 11.3. The summed E-state index contributed by atoms with van der Waals surface area (Å²) in [6, 6.07) is 9.48. The van der Waals surface area contributed by atoms with Crippen LogP contribution in [0.2, 0.25) is 0 Å². The molecule has 102 valence electrons. The van der Waals surface area contributed by atoms with Crippen LogP contribution in [-0.2, 0) is 20.7 Å². The maximum Gasteiger partial charge on any atom is 0.328 e. The molecule has 4 heteroatoms. The van der Waals surface area contributed by atoms with E-state index in [-0.39, 0.29) is 17.8 Å². The molecule has 1 fully saturated rings. The second-order valence-electron chi connectivity index (χ2n) is 4.79. The average molecular weight is 261 g/mol. The smallest absolute Gasteiger partial charge is 0.328 e. The molecule has 0 N–H and O–H groups in total. The minimum atomic E-state index is -0.420. The van der Waals surface area contributed by atoms with Gasteiger partial charge in [0.15, 0.2) is 0 Å². The Balaban J connectivity index is 2.11. The molecule has 1 aliphatic heterocycles. The molecule has 2 rings (SSSR count). The van der Waals surface area contributed by atoms with Crippen molar-refractivity contribution < 1.29 is 14.3 Å². The van der Waals surface area contributed by atoms with Gasteiger partial charge < -0.3 is 9.64 Å². The molecule has 0 radical (unpaired) electrons. The topological polar surface area (TPSA) is 46.6 Å². The molecule has 1 amide bonds. The number of carbonyl (C=O) groups excluding carboxylic acids is 2. The molecule has 1 aromatic carbocycles. The van der Waals surface area contributed by atoms with Gasteiger partial charge in [0, 0.05) is 12.5 Å². The molecule has 1 heterocycles. The highest BCUT2D eigenvalue weighted by atomic mass is 16.5. The van der Waals surface area contributed by atoms with Crippen LogP contribution < -0.4 is 0 Å². The summed E-state index contributed by atoms with van der Waals surface area (Å²) in [5.41, 5.74) is 1.13. The highest BCUT2D eigenvalue weighted by Crippen LogP contribution is 2.28. The van der Waals surface area contributed by atoms with E-state index in [1.807, 2.05) is 37.3 Å². The van der Waals surface area contributed by atoms with E-state index < -0.39 is 6.04 Å². The molecular weight excluding hydrogens is 242 g/mol. The molecule has 0 spiro atoms. The first-order valence-corrected chi connectivity index (χ1v) is 6.59. The lowest BCUT2D eigenvalue weighted by molar-refractivity contribution is -0.149. The number of hydrogen-bond donors (Lipinski definition) is 0. The number of esters is 1. The lowest BCUT2D eigenvalue weighted by atomic mass is 9.96. The van der Waals surface area contributed by atoms with Gasteiger partial charge in [-0.2, -0.15) is 0 Å². The summed E-state index contributed by atoms with van der Waals surface area (Å²) in [5.74, 6) is -0.376. The highest BCUT2D eigenvalue weighted by Gasteiger charge is 2.42. The zero-order chi connectivity index (χ0) is 13.8. The predicted octanol–water partition coefficient (Wildman–Crippen LogP) is 1.64. The van der Waals surface area contributed by atoms with Crippen molar-refractivity contribution >= 4 is 11.9 Å². The number of methoxy groups -OCH3 is 1. The van der Waals surface area contributed by atoms with Crippen molar-refractivity contribution in [3.63, 3.8) is 0 Å². The molecule has 0 aromatic heterocycles. The third-order valence-corrected chi connectivity index (χ3v) is 3.66. The number of rotatable bonds is 4. The van der Waals surface area contributed by atoms with Crippen molar-refractivity contribution in [2.24, 2.45) is 5.92 Å². The Bertz CT molecular complexity index is 458. The number of likely N-dealkylation sites (N-methyl/N-ethyl adjacent to an activating group) is 1. The van der Waals surface area contributed by atoms with E-state index in [4.69, 9.17) is 4.74 Å². The fourth-order valence-electron chi connectivity index (χ4n) is 2.69. The molecule has 0 aliphatic carbocycles. The normalized spacial score (nSPS) is 22.6. The van der Waals surface area contributed by atoms with Crippen molar-refractivity contribution in [2.45, 2.75) is 25.8 Å². The minimum Gasteiger partial charge on any atom is -0.467 e. The third-order valence-electron chi connectivity index (χ3n) is 3.66. The molecule has 19 heavy (non-hydrogen) atoms. The van der Waals surface area contributed by atoms with Gasteiger partial charge in [0.05, 0.1) is 7.11 Å². The Morgan fingerprint density at radius 2 is 2.05 bits per heavy atom. The standard InChI is InChI=1S/C15H19NO3/c1-3-16-13(15(18)19-2)10-12(14(16)17)9-11-7-5-4-6-8-11/h4-8,12-13H,3,9-10H2,1-2H3. The first-order valence-electron chi connectivity index (χ1n) is 6.59. The maximum absolute atomic E-state index is 12.3. The summed E-state index contributed by atoms with van der Waals surface area (Å²) in [5, 5.41) is 0. The van der Waals surface area contributed by atoms with Gasteiger partial charge in [0.1, 0.15) is 6.04 Å². The SMILES string of the molecule is CCN1C(=O)C(Cc2ccccc2)CC1C(=O)OC. The Kier molecular flexibility index (Phi) is 4.20. The van der Waals surface area contributed by atoms with Crippen molar-refractivity contribution in [2.75, 3.05) is 13.7 Å². The number of amides is 1. The monoisotopic (exact) mass is 261 g/mol. The molecule has 0 saturated carbocycles. The van der Waals surface area contributed by atoms with Crippen molar-refractivity contribution in [3.8, 4) is 0 Å². The number of ether oxygens (including phenoxy) is 1. The van der Waals surface area contributed by atoms with Gasteiger partial charge in [-0.3, -0.25) is 4.79 Å². The van der Waals surface area contributed by atoms with Crippen molar-refractivity contribution in [1.29, 1.82) is 0 Å². The number of benzene rings is 1. The molecule has 4 nitrogen and oxygen atoms in total. The van der Waals surface area contributed by atoms with Crippen LogP contribution in [-0.4, -0.2) is 36.5 Å². The van der Waals surface area contributed by atoms with E-state index in [1.54, 1.807) is 4.90 Å². The van der Waals surface area contributed by atoms with Crippen molar-refractivity contribution in [1.82, 2.24) is 4.90 Å². The van der Waals surface area contributed by atoms with Crippen LogP contribution in [0.1, 0.15) is 18.9 Å². The lowest BCUT2D eigenvalue weighted by Crippen LogP contribution is -2.39. The van der Waals surface area contributed by atoms with Crippen LogP contribution in [0.5, 0.6) is 0 Å². The fourth-order valence-corrected chi connectivity index (χ4v) is 2.69. The molecule has 1 saturated heterocycles. The van der Waals surface area contributed by atoms with Crippen LogP contribution in [0.25, 0.3) is 0 Å². The van der Waals surface area contributed by atoms with Crippen LogP contribution >= 0.6 is 0 Å². The van der Waals surface area contributed by atoms with E-state index in [0.29, 0.717) is 19.4 Å². The van der Waals surface area contributed by atoms with Crippen LogP contribution in [0.4, 0.5) is 0 Å². The molecule has 1 aliphatic rings. The van der Waals surface area contributed by atoms with Gasteiger partial charge in [0.25, 0.3) is 0 Å². The Morgan fingerprint density at radius 1 is 1.37 bits per heavy atom. The van der Waals surface area contributed by atoms with Crippen molar-refractivity contribution in [3.05, 3.63) is 35.9 Å². The van der Waals surface area contributed by atoms with Gasteiger partial charge in [-0.15, -0.1) is 0 Å². The summed E-state index contributed by atoms with van der Waals surface area (Å²) in [4.78, 5) is 25.6. The lowest BCUT2D eigenvalue weighted by Gasteiger charge is -2.20. The summed E-state index contributed by atoms with van der Waals surface area (Å²) in [7, 11) is 1.37. The van der Waals surface area contributed by atoms with E-state index in [1.165, 1.54) is 7.11 Å². The first-order chi connectivity index (χ1) is 9.17. The maximum atomic E-state index is 12.3. The van der Waals surface area contributed by atoms with Crippen LogP contribution in [0.15, 0.2) is 30.3 Å². The van der Waals surface area contributed by atoms with Gasteiger partial charge in [-0.1, -0.05) is 30.3 Å². The van der Waals surface area contributed by atoms with Gasteiger partial charge >= 0.3 is 5.97 Å². The number of likely N-dealkylation sites (tertiary alicyclic amines) is 1. The second-order valence-corrected chi connectivity index (χ2v) is 4.79. The number of carbonyl (C=O) groups is 2. The van der Waals surface area contributed by atoms with E-state index in [2.05, 4.69) is 0 Å². The molecule has 0 bridgehead atoms. The Labute approximate surface area is 113 Å². The highest BCUT2D eigenvalue weighted by molar-refractivity contribution is 5.89. The Morgan fingerprint density at radius 3 is 2.63 bits per heavy atom.